The molecule has 0 radical (unpaired) electrons. The highest BCUT2D eigenvalue weighted by Crippen LogP contribution is 2.26. The SMILES string of the molecule is CC1CCCC(OC(=O)CCC2CCNC2)C1. The number of nitrogens with one attached hydrogen (secondary N) is 1. The maximum absolute atomic E-state index is 11.7. The Morgan fingerprint density at radius 1 is 1.35 bits per heavy atom. The standard InChI is InChI=1S/C14H25NO2/c1-11-3-2-4-13(9-11)17-14(16)6-5-12-7-8-15-10-12/h11-13,15H,2-10H2,1H3. The molecule has 3 nitrogen and oxygen atoms in total. The van der Waals surface area contributed by atoms with E-state index in [1.165, 1.54) is 19.3 Å². The molecule has 2 rings (SSSR count). The predicted octanol–water partition coefficient (Wildman–Crippen LogP) is 2.50. The van der Waals surface area contributed by atoms with Crippen molar-refractivity contribution >= 4 is 5.97 Å². The minimum atomic E-state index is 0.0241. The molecule has 2 fully saturated rings. The van der Waals surface area contributed by atoms with Gasteiger partial charge in [0.1, 0.15) is 6.10 Å². The third-order valence-corrected chi connectivity index (χ3v) is 4.11. The molecule has 17 heavy (non-hydrogen) atoms. The Balaban J connectivity index is 1.62. The van der Waals surface area contributed by atoms with E-state index in [0.29, 0.717) is 12.3 Å². The molecule has 0 spiro atoms. The summed E-state index contributed by atoms with van der Waals surface area (Å²) in [6.45, 7) is 4.44. The smallest absolute Gasteiger partial charge is 0.306 e. The summed E-state index contributed by atoms with van der Waals surface area (Å²) >= 11 is 0. The van der Waals surface area contributed by atoms with Crippen molar-refractivity contribution in [2.45, 2.75) is 58.0 Å². The molecule has 1 aliphatic heterocycles. The summed E-state index contributed by atoms with van der Waals surface area (Å²) in [6.07, 6.45) is 7.66. The normalized spacial score (nSPS) is 33.6. The van der Waals surface area contributed by atoms with Crippen molar-refractivity contribution in [1.29, 1.82) is 0 Å². The highest BCUT2D eigenvalue weighted by molar-refractivity contribution is 5.69. The number of hydrogen-bond acceptors (Lipinski definition) is 3. The van der Waals surface area contributed by atoms with Crippen molar-refractivity contribution in [3.05, 3.63) is 0 Å². The molecular weight excluding hydrogens is 214 g/mol. The first-order valence-electron chi connectivity index (χ1n) is 7.14. The molecule has 0 amide bonds. The van der Waals surface area contributed by atoms with Gasteiger partial charge >= 0.3 is 5.97 Å². The maximum Gasteiger partial charge on any atom is 0.306 e. The molecule has 1 N–H and O–H groups in total. The van der Waals surface area contributed by atoms with Crippen molar-refractivity contribution in [2.75, 3.05) is 13.1 Å². The van der Waals surface area contributed by atoms with E-state index < -0.39 is 0 Å². The fraction of sp³-hybridized carbons (Fsp3) is 0.929. The van der Waals surface area contributed by atoms with Gasteiger partial charge in [0.25, 0.3) is 0 Å². The fourth-order valence-electron chi connectivity index (χ4n) is 3.01. The molecule has 1 saturated carbocycles. The van der Waals surface area contributed by atoms with Crippen LogP contribution in [0, 0.1) is 11.8 Å². The van der Waals surface area contributed by atoms with Crippen LogP contribution in [0.5, 0.6) is 0 Å². The van der Waals surface area contributed by atoms with Gasteiger partial charge in [0.2, 0.25) is 0 Å². The lowest BCUT2D eigenvalue weighted by molar-refractivity contribution is -0.151. The molecule has 1 saturated heterocycles. The quantitative estimate of drug-likeness (QED) is 0.766. The second-order valence-electron chi connectivity index (χ2n) is 5.78. The monoisotopic (exact) mass is 239 g/mol. The van der Waals surface area contributed by atoms with Gasteiger partial charge in [0, 0.05) is 6.42 Å². The largest absolute Gasteiger partial charge is 0.462 e. The lowest BCUT2D eigenvalue weighted by Crippen LogP contribution is -2.24. The Hall–Kier alpha value is -0.570. The molecule has 2 aliphatic rings. The van der Waals surface area contributed by atoms with E-state index in [1.54, 1.807) is 0 Å². The summed E-state index contributed by atoms with van der Waals surface area (Å²) in [5.74, 6) is 1.43. The summed E-state index contributed by atoms with van der Waals surface area (Å²) in [7, 11) is 0. The number of ether oxygens (including phenoxy) is 1. The molecule has 3 unspecified atom stereocenters. The Labute approximate surface area is 104 Å². The van der Waals surface area contributed by atoms with E-state index in [4.69, 9.17) is 4.74 Å². The van der Waals surface area contributed by atoms with E-state index in [9.17, 15) is 4.79 Å². The van der Waals surface area contributed by atoms with Gasteiger partial charge < -0.3 is 10.1 Å². The first kappa shape index (κ1) is 12.9. The molecule has 3 heteroatoms. The van der Waals surface area contributed by atoms with Crippen LogP contribution in [0.3, 0.4) is 0 Å². The number of hydrogen-bond donors (Lipinski definition) is 1. The average Bonchev–Trinajstić information content (AvgIpc) is 2.79. The van der Waals surface area contributed by atoms with Crippen molar-refractivity contribution in [3.8, 4) is 0 Å². The van der Waals surface area contributed by atoms with E-state index in [2.05, 4.69) is 12.2 Å². The minimum absolute atomic E-state index is 0.0241. The van der Waals surface area contributed by atoms with Crippen LogP contribution in [-0.2, 0) is 9.53 Å². The third kappa shape index (κ3) is 4.30. The number of rotatable bonds is 4. The van der Waals surface area contributed by atoms with Crippen molar-refractivity contribution in [1.82, 2.24) is 5.32 Å². The summed E-state index contributed by atoms with van der Waals surface area (Å²) in [4.78, 5) is 11.7. The Kier molecular flexibility index (Phi) is 4.84. The van der Waals surface area contributed by atoms with Crippen LogP contribution in [0.2, 0.25) is 0 Å². The second-order valence-corrected chi connectivity index (χ2v) is 5.78. The molecule has 1 heterocycles. The van der Waals surface area contributed by atoms with Gasteiger partial charge in [-0.05, 0) is 57.0 Å². The van der Waals surface area contributed by atoms with Crippen LogP contribution >= 0.6 is 0 Å². The number of carbonyl (C=O) groups excluding carboxylic acids is 1. The highest BCUT2D eigenvalue weighted by Gasteiger charge is 2.23. The summed E-state index contributed by atoms with van der Waals surface area (Å²) in [6, 6.07) is 0. The predicted molar refractivity (Wildman–Crippen MR) is 67.7 cm³/mol. The van der Waals surface area contributed by atoms with Gasteiger partial charge in [0.05, 0.1) is 0 Å². The first-order chi connectivity index (χ1) is 8.24. The summed E-state index contributed by atoms with van der Waals surface area (Å²) in [5, 5.41) is 3.33. The highest BCUT2D eigenvalue weighted by atomic mass is 16.5. The van der Waals surface area contributed by atoms with E-state index in [0.717, 1.165) is 38.3 Å². The lowest BCUT2D eigenvalue weighted by atomic mass is 9.89. The van der Waals surface area contributed by atoms with Crippen LogP contribution < -0.4 is 5.32 Å². The number of esters is 1. The average molecular weight is 239 g/mol. The topological polar surface area (TPSA) is 38.3 Å². The van der Waals surface area contributed by atoms with Crippen LogP contribution in [0.25, 0.3) is 0 Å². The third-order valence-electron chi connectivity index (χ3n) is 4.11. The van der Waals surface area contributed by atoms with E-state index >= 15 is 0 Å². The molecule has 0 bridgehead atoms. The second kappa shape index (κ2) is 6.39. The van der Waals surface area contributed by atoms with Crippen LogP contribution in [-0.4, -0.2) is 25.2 Å². The molecule has 3 atom stereocenters. The first-order valence-corrected chi connectivity index (χ1v) is 7.14. The minimum Gasteiger partial charge on any atom is -0.462 e. The number of carbonyl (C=O) groups is 1. The van der Waals surface area contributed by atoms with E-state index in [-0.39, 0.29) is 12.1 Å². The maximum atomic E-state index is 11.7. The molecule has 98 valence electrons. The van der Waals surface area contributed by atoms with Gasteiger partial charge in [-0.3, -0.25) is 4.79 Å². The fourth-order valence-corrected chi connectivity index (χ4v) is 3.01. The van der Waals surface area contributed by atoms with Gasteiger partial charge in [-0.2, -0.15) is 0 Å². The Morgan fingerprint density at radius 2 is 2.24 bits per heavy atom. The van der Waals surface area contributed by atoms with Crippen molar-refractivity contribution in [3.63, 3.8) is 0 Å². The van der Waals surface area contributed by atoms with E-state index in [1.807, 2.05) is 0 Å². The zero-order valence-corrected chi connectivity index (χ0v) is 10.9. The lowest BCUT2D eigenvalue weighted by Gasteiger charge is -2.26. The zero-order valence-electron chi connectivity index (χ0n) is 10.9. The zero-order chi connectivity index (χ0) is 12.1. The van der Waals surface area contributed by atoms with Gasteiger partial charge in [-0.25, -0.2) is 0 Å². The molecule has 0 aromatic carbocycles. The van der Waals surface area contributed by atoms with Gasteiger partial charge in [-0.15, -0.1) is 0 Å². The van der Waals surface area contributed by atoms with Gasteiger partial charge in [0.15, 0.2) is 0 Å². The molecule has 1 aliphatic carbocycles. The summed E-state index contributed by atoms with van der Waals surface area (Å²) < 4.78 is 5.56. The van der Waals surface area contributed by atoms with Gasteiger partial charge in [-0.1, -0.05) is 13.3 Å². The van der Waals surface area contributed by atoms with Crippen LogP contribution in [0.1, 0.15) is 51.9 Å². The Bertz CT molecular complexity index is 249. The Morgan fingerprint density at radius 3 is 2.94 bits per heavy atom. The van der Waals surface area contributed by atoms with Crippen molar-refractivity contribution in [2.24, 2.45) is 11.8 Å². The summed E-state index contributed by atoms with van der Waals surface area (Å²) in [5.41, 5.74) is 0. The van der Waals surface area contributed by atoms with Crippen molar-refractivity contribution < 1.29 is 9.53 Å². The molecule has 0 aromatic rings. The van der Waals surface area contributed by atoms with Crippen LogP contribution in [0.4, 0.5) is 0 Å². The molecular formula is C14H25NO2. The molecule has 0 aromatic heterocycles. The van der Waals surface area contributed by atoms with Crippen LogP contribution in [0.15, 0.2) is 0 Å².